The van der Waals surface area contributed by atoms with Crippen molar-refractivity contribution in [2.24, 2.45) is 0 Å². The summed E-state index contributed by atoms with van der Waals surface area (Å²) in [6, 6.07) is 8.99. The zero-order chi connectivity index (χ0) is 12.3. The molecule has 0 spiro atoms. The van der Waals surface area contributed by atoms with Crippen molar-refractivity contribution >= 4 is 17.3 Å². The first-order valence-corrected chi connectivity index (χ1v) is 5.93. The van der Waals surface area contributed by atoms with Crippen LogP contribution in [-0.2, 0) is 4.74 Å². The smallest absolute Gasteiger partial charge is 0.367 e. The van der Waals surface area contributed by atoms with Gasteiger partial charge in [0.1, 0.15) is 0 Å². The number of esters is 1. The Labute approximate surface area is 102 Å². The molecule has 1 heterocycles. The fraction of sp³-hybridized carbons (Fsp3) is 0.167. The molecular weight excluding hydrogens is 241 g/mol. The number of carbonyl (C=O) groups excluding carboxylic acids is 1. The molecule has 0 saturated carbocycles. The highest BCUT2D eigenvalue weighted by Gasteiger charge is 2.18. The van der Waals surface area contributed by atoms with Gasteiger partial charge in [0.05, 0.1) is 11.5 Å². The highest BCUT2D eigenvalue weighted by molar-refractivity contribution is 7.16. The Balaban J connectivity index is 2.35. The third-order valence-electron chi connectivity index (χ3n) is 2.07. The number of aromatic nitrogens is 1. The molecule has 0 aliphatic rings. The minimum atomic E-state index is -0.635. The molecule has 1 aromatic heterocycles. The SMILES string of the molecule is CCOC(=O)c1nc(F)c(-c2ccccc2)s1. The van der Waals surface area contributed by atoms with Gasteiger partial charge in [-0.3, -0.25) is 0 Å². The lowest BCUT2D eigenvalue weighted by molar-refractivity contribution is 0.0525. The number of rotatable bonds is 3. The molecule has 0 amide bonds. The summed E-state index contributed by atoms with van der Waals surface area (Å²) in [6.45, 7) is 1.95. The highest BCUT2D eigenvalue weighted by Crippen LogP contribution is 2.29. The van der Waals surface area contributed by atoms with Crippen molar-refractivity contribution in [2.75, 3.05) is 6.61 Å². The van der Waals surface area contributed by atoms with Crippen molar-refractivity contribution in [1.29, 1.82) is 0 Å². The highest BCUT2D eigenvalue weighted by atomic mass is 32.1. The Bertz CT molecular complexity index is 525. The summed E-state index contributed by atoms with van der Waals surface area (Å²) in [7, 11) is 0. The topological polar surface area (TPSA) is 39.2 Å². The second-order valence-electron chi connectivity index (χ2n) is 3.23. The van der Waals surface area contributed by atoms with Gasteiger partial charge in [0, 0.05) is 0 Å². The zero-order valence-electron chi connectivity index (χ0n) is 9.14. The van der Waals surface area contributed by atoms with E-state index >= 15 is 0 Å². The van der Waals surface area contributed by atoms with Crippen LogP contribution in [-0.4, -0.2) is 17.6 Å². The summed E-state index contributed by atoms with van der Waals surface area (Å²) < 4.78 is 18.4. The molecule has 5 heteroatoms. The molecule has 0 unspecified atom stereocenters. The maximum Gasteiger partial charge on any atom is 0.367 e. The quantitative estimate of drug-likeness (QED) is 0.787. The van der Waals surface area contributed by atoms with E-state index in [1.165, 1.54) is 0 Å². The van der Waals surface area contributed by atoms with Crippen LogP contribution in [0.3, 0.4) is 0 Å². The van der Waals surface area contributed by atoms with Gasteiger partial charge in [-0.2, -0.15) is 4.39 Å². The molecule has 0 saturated heterocycles. The van der Waals surface area contributed by atoms with E-state index in [0.717, 1.165) is 11.3 Å². The molecule has 0 aliphatic heterocycles. The van der Waals surface area contributed by atoms with Gasteiger partial charge in [-0.1, -0.05) is 30.3 Å². The number of ether oxygens (including phenoxy) is 1. The van der Waals surface area contributed by atoms with E-state index in [9.17, 15) is 9.18 Å². The molecule has 17 heavy (non-hydrogen) atoms. The van der Waals surface area contributed by atoms with Crippen molar-refractivity contribution in [3.63, 3.8) is 0 Å². The largest absolute Gasteiger partial charge is 0.461 e. The summed E-state index contributed by atoms with van der Waals surface area (Å²) in [5, 5.41) is 0.0446. The maximum absolute atomic E-state index is 13.6. The van der Waals surface area contributed by atoms with Gasteiger partial charge in [-0.15, -0.1) is 11.3 Å². The van der Waals surface area contributed by atoms with Gasteiger partial charge in [-0.05, 0) is 12.5 Å². The molecule has 0 radical (unpaired) electrons. The minimum absolute atomic E-state index is 0.0446. The first-order valence-electron chi connectivity index (χ1n) is 5.11. The Morgan fingerprint density at radius 1 is 1.41 bits per heavy atom. The molecule has 1 aromatic carbocycles. The van der Waals surface area contributed by atoms with Gasteiger partial charge in [0.15, 0.2) is 0 Å². The van der Waals surface area contributed by atoms with E-state index < -0.39 is 11.9 Å². The summed E-state index contributed by atoms with van der Waals surface area (Å²) in [4.78, 5) is 15.3. The minimum Gasteiger partial charge on any atom is -0.461 e. The number of benzene rings is 1. The third-order valence-corrected chi connectivity index (χ3v) is 3.13. The molecule has 2 aromatic rings. The third kappa shape index (κ3) is 2.50. The van der Waals surface area contributed by atoms with E-state index in [2.05, 4.69) is 4.98 Å². The van der Waals surface area contributed by atoms with Gasteiger partial charge < -0.3 is 4.74 Å². The predicted octanol–water partition coefficient (Wildman–Crippen LogP) is 3.13. The Kier molecular flexibility index (Phi) is 3.49. The summed E-state index contributed by atoms with van der Waals surface area (Å²) in [5.41, 5.74) is 0.707. The van der Waals surface area contributed by atoms with E-state index in [-0.39, 0.29) is 11.6 Å². The van der Waals surface area contributed by atoms with Crippen molar-refractivity contribution in [1.82, 2.24) is 4.98 Å². The fourth-order valence-electron chi connectivity index (χ4n) is 1.35. The number of halogens is 1. The van der Waals surface area contributed by atoms with Crippen LogP contribution < -0.4 is 0 Å². The average molecular weight is 251 g/mol. The Morgan fingerprint density at radius 2 is 2.12 bits per heavy atom. The van der Waals surface area contributed by atoms with Gasteiger partial charge >= 0.3 is 5.97 Å². The second-order valence-corrected chi connectivity index (χ2v) is 4.22. The van der Waals surface area contributed by atoms with Crippen molar-refractivity contribution < 1.29 is 13.9 Å². The van der Waals surface area contributed by atoms with Crippen molar-refractivity contribution in [3.05, 3.63) is 41.3 Å². The molecule has 0 fully saturated rings. The molecule has 88 valence electrons. The Morgan fingerprint density at radius 3 is 2.76 bits per heavy atom. The second kappa shape index (κ2) is 5.05. The van der Waals surface area contributed by atoms with Gasteiger partial charge in [0.2, 0.25) is 11.0 Å². The Hall–Kier alpha value is -1.75. The van der Waals surface area contributed by atoms with E-state index in [0.29, 0.717) is 10.4 Å². The van der Waals surface area contributed by atoms with Crippen LogP contribution in [0.4, 0.5) is 4.39 Å². The van der Waals surface area contributed by atoms with Crippen LogP contribution in [0.2, 0.25) is 0 Å². The van der Waals surface area contributed by atoms with Crippen LogP contribution in [0.25, 0.3) is 10.4 Å². The van der Waals surface area contributed by atoms with Crippen LogP contribution in [0.1, 0.15) is 16.7 Å². The normalized spacial score (nSPS) is 10.2. The molecule has 0 aliphatic carbocycles. The zero-order valence-corrected chi connectivity index (χ0v) is 9.96. The number of carbonyl (C=O) groups is 1. The molecule has 0 atom stereocenters. The first kappa shape index (κ1) is 11.7. The van der Waals surface area contributed by atoms with Crippen LogP contribution in [0, 0.1) is 5.95 Å². The van der Waals surface area contributed by atoms with Gasteiger partial charge in [0.25, 0.3) is 0 Å². The van der Waals surface area contributed by atoms with Crippen molar-refractivity contribution in [3.8, 4) is 10.4 Å². The first-order chi connectivity index (χ1) is 8.22. The standard InChI is InChI=1S/C12H10FNO2S/c1-2-16-12(15)11-14-10(13)9(17-11)8-6-4-3-5-7-8/h3-7H,2H2,1H3. The van der Waals surface area contributed by atoms with E-state index in [1.807, 2.05) is 6.07 Å². The lowest BCUT2D eigenvalue weighted by atomic mass is 10.2. The average Bonchev–Trinajstić information content (AvgIpc) is 2.73. The summed E-state index contributed by atoms with van der Waals surface area (Å²) in [5.74, 6) is -1.22. The van der Waals surface area contributed by atoms with Crippen LogP contribution >= 0.6 is 11.3 Å². The number of nitrogens with zero attached hydrogens (tertiary/aromatic N) is 1. The van der Waals surface area contributed by atoms with E-state index in [4.69, 9.17) is 4.74 Å². The maximum atomic E-state index is 13.6. The molecule has 0 bridgehead atoms. The number of hydrogen-bond acceptors (Lipinski definition) is 4. The predicted molar refractivity (Wildman–Crippen MR) is 63.5 cm³/mol. The van der Waals surface area contributed by atoms with Crippen LogP contribution in [0.15, 0.2) is 30.3 Å². The molecule has 0 N–H and O–H groups in total. The lowest BCUT2D eigenvalue weighted by Crippen LogP contribution is -2.03. The number of thiazole rings is 1. The number of hydrogen-bond donors (Lipinski definition) is 0. The lowest BCUT2D eigenvalue weighted by Gasteiger charge is -1.95. The summed E-state index contributed by atoms with van der Waals surface area (Å²) in [6.07, 6.45) is 0. The van der Waals surface area contributed by atoms with Crippen LogP contribution in [0.5, 0.6) is 0 Å². The monoisotopic (exact) mass is 251 g/mol. The molecule has 2 rings (SSSR count). The molecule has 3 nitrogen and oxygen atoms in total. The molecular formula is C12H10FNO2S. The van der Waals surface area contributed by atoms with E-state index in [1.54, 1.807) is 31.2 Å². The van der Waals surface area contributed by atoms with Crippen molar-refractivity contribution in [2.45, 2.75) is 6.92 Å². The fourth-order valence-corrected chi connectivity index (χ4v) is 2.19. The summed E-state index contributed by atoms with van der Waals surface area (Å²) >= 11 is 1.000. The van der Waals surface area contributed by atoms with Gasteiger partial charge in [-0.25, -0.2) is 9.78 Å².